The van der Waals surface area contributed by atoms with Crippen LogP contribution in [0.15, 0.2) is 0 Å². The van der Waals surface area contributed by atoms with Crippen molar-refractivity contribution >= 4 is 35.8 Å². The quantitative estimate of drug-likeness (QED) is 0.338. The molecule has 0 aromatic carbocycles. The molecule has 2 aliphatic carbocycles. The Kier molecular flexibility index (Phi) is 7.40. The summed E-state index contributed by atoms with van der Waals surface area (Å²) in [5.74, 6) is -17.9. The molecule has 172 valence electrons. The average molecular weight is 442 g/mol. The van der Waals surface area contributed by atoms with Crippen molar-refractivity contribution in [2.24, 2.45) is 47.3 Å². The zero-order chi connectivity index (χ0) is 23.6. The summed E-state index contributed by atoms with van der Waals surface area (Å²) in [5.41, 5.74) is 0. The van der Waals surface area contributed by atoms with Gasteiger partial charge in [-0.15, -0.1) is 0 Å². The highest BCUT2D eigenvalue weighted by Crippen LogP contribution is 2.42. The number of carbonyl (C=O) groups is 6. The fraction of sp³-hybridized carbons (Fsp3) is 0.700. The van der Waals surface area contributed by atoms with Crippen molar-refractivity contribution in [3.63, 3.8) is 0 Å². The van der Waals surface area contributed by atoms with Crippen LogP contribution >= 0.6 is 0 Å². The molecule has 0 aromatic rings. The second-order valence-electron chi connectivity index (χ2n) is 8.52. The molecular weight excluding hydrogens is 416 g/mol. The topological polar surface area (TPSA) is 193 Å². The summed E-state index contributed by atoms with van der Waals surface area (Å²) in [4.78, 5) is 71.8. The van der Waals surface area contributed by atoms with Gasteiger partial charge in [0, 0.05) is 0 Å². The summed E-state index contributed by atoms with van der Waals surface area (Å²) in [6.45, 7) is 3.13. The van der Waals surface area contributed by atoms with Crippen LogP contribution in [0.3, 0.4) is 0 Å². The summed E-state index contributed by atoms with van der Waals surface area (Å²) in [6, 6.07) is 0. The van der Waals surface area contributed by atoms with Gasteiger partial charge in [0.2, 0.25) is 0 Å². The molecule has 2 fully saturated rings. The zero-order valence-corrected chi connectivity index (χ0v) is 17.1. The van der Waals surface area contributed by atoms with Crippen LogP contribution in [0.25, 0.3) is 0 Å². The van der Waals surface area contributed by atoms with Gasteiger partial charge in [-0.1, -0.05) is 13.8 Å². The van der Waals surface area contributed by atoms with E-state index >= 15 is 0 Å². The Balaban J connectivity index is 2.24. The maximum atomic E-state index is 12.6. The minimum atomic E-state index is -1.60. The van der Waals surface area contributed by atoms with Gasteiger partial charge in [-0.2, -0.15) is 0 Å². The molecule has 11 nitrogen and oxygen atoms in total. The van der Waals surface area contributed by atoms with Gasteiger partial charge in [-0.05, 0) is 37.5 Å². The Morgan fingerprint density at radius 3 is 1.10 bits per heavy atom. The van der Waals surface area contributed by atoms with Crippen molar-refractivity contribution in [3.8, 4) is 0 Å². The van der Waals surface area contributed by atoms with Crippen LogP contribution in [0.4, 0.5) is 0 Å². The lowest BCUT2D eigenvalue weighted by molar-refractivity contribution is -0.180. The first kappa shape index (κ1) is 24.3. The molecule has 0 aliphatic heterocycles. The first-order chi connectivity index (χ1) is 14.4. The second-order valence-corrected chi connectivity index (χ2v) is 8.52. The summed E-state index contributed by atoms with van der Waals surface area (Å²) in [5, 5.41) is 37.9. The van der Waals surface area contributed by atoms with Gasteiger partial charge in [0.05, 0.1) is 35.5 Å². The maximum Gasteiger partial charge on any atom is 0.317 e. The average Bonchev–Trinajstić information content (AvgIpc) is 2.66. The monoisotopic (exact) mass is 442 g/mol. The molecule has 2 aliphatic rings. The van der Waals surface area contributed by atoms with Crippen LogP contribution in [0.5, 0.6) is 0 Å². The fourth-order valence-electron chi connectivity index (χ4n) is 5.04. The van der Waals surface area contributed by atoms with Crippen LogP contribution < -0.4 is 0 Å². The molecule has 2 rings (SSSR count). The number of esters is 2. The van der Waals surface area contributed by atoms with Gasteiger partial charge in [0.1, 0.15) is 0 Å². The number of carboxylic acids is 4. The molecule has 0 bridgehead atoms. The fourth-order valence-corrected chi connectivity index (χ4v) is 5.04. The zero-order valence-electron chi connectivity index (χ0n) is 17.1. The van der Waals surface area contributed by atoms with Gasteiger partial charge >= 0.3 is 35.8 Å². The Morgan fingerprint density at radius 1 is 0.548 bits per heavy atom. The highest BCUT2D eigenvalue weighted by Gasteiger charge is 2.52. The van der Waals surface area contributed by atoms with Crippen molar-refractivity contribution in [3.05, 3.63) is 0 Å². The Bertz CT molecular complexity index is 724. The smallest absolute Gasteiger partial charge is 0.317 e. The third-order valence-corrected chi connectivity index (χ3v) is 6.68. The molecule has 4 N–H and O–H groups in total. The molecule has 8 unspecified atom stereocenters. The molecule has 8 atom stereocenters. The molecule has 0 saturated heterocycles. The normalized spacial score (nSPS) is 35.5. The van der Waals surface area contributed by atoms with E-state index in [4.69, 9.17) is 4.74 Å². The number of carboxylic acid groups (broad SMARTS) is 4. The first-order valence-electron chi connectivity index (χ1n) is 10.0. The second kappa shape index (κ2) is 9.44. The Hall–Kier alpha value is -2.98. The molecule has 0 spiro atoms. The van der Waals surface area contributed by atoms with Gasteiger partial charge < -0.3 is 25.2 Å². The lowest BCUT2D eigenvalue weighted by Crippen LogP contribution is -2.48. The van der Waals surface area contributed by atoms with E-state index in [1.54, 1.807) is 13.8 Å². The number of ether oxygens (including phenoxy) is 1. The predicted octanol–water partition coefficient (Wildman–Crippen LogP) is 0.952. The Morgan fingerprint density at radius 2 is 0.839 bits per heavy atom. The third-order valence-electron chi connectivity index (χ3n) is 6.68. The predicted molar refractivity (Wildman–Crippen MR) is 99.4 cm³/mol. The van der Waals surface area contributed by atoms with Crippen LogP contribution in [0, 0.1) is 47.3 Å². The van der Waals surface area contributed by atoms with Crippen LogP contribution in [-0.4, -0.2) is 56.2 Å². The Labute approximate surface area is 177 Å². The van der Waals surface area contributed by atoms with E-state index in [-0.39, 0.29) is 25.7 Å². The van der Waals surface area contributed by atoms with E-state index in [2.05, 4.69) is 0 Å². The van der Waals surface area contributed by atoms with Gasteiger partial charge in [0.15, 0.2) is 0 Å². The number of carbonyl (C=O) groups excluding carboxylic acids is 2. The number of aliphatic carboxylic acids is 4. The molecule has 0 aromatic heterocycles. The SMILES string of the molecule is CC1CCC(C(=O)OC(=O)C2CCC(C)C(C(=O)O)C2C(=O)O)C(C(=O)O)C1C(=O)O. The molecule has 0 heterocycles. The highest BCUT2D eigenvalue weighted by molar-refractivity contribution is 5.94. The van der Waals surface area contributed by atoms with Crippen molar-refractivity contribution in [2.75, 3.05) is 0 Å². The van der Waals surface area contributed by atoms with E-state index in [9.17, 15) is 49.2 Å². The highest BCUT2D eigenvalue weighted by atomic mass is 16.6. The van der Waals surface area contributed by atoms with Gasteiger partial charge in [-0.3, -0.25) is 28.8 Å². The summed E-state index contributed by atoms with van der Waals surface area (Å²) < 4.78 is 4.83. The van der Waals surface area contributed by atoms with Gasteiger partial charge in [0.25, 0.3) is 0 Å². The molecule has 11 heteroatoms. The van der Waals surface area contributed by atoms with E-state index in [0.717, 1.165) is 0 Å². The molecule has 0 amide bonds. The van der Waals surface area contributed by atoms with E-state index < -0.39 is 83.2 Å². The number of hydrogen-bond acceptors (Lipinski definition) is 7. The van der Waals surface area contributed by atoms with Crippen molar-refractivity contribution in [1.29, 1.82) is 0 Å². The molecule has 31 heavy (non-hydrogen) atoms. The number of hydrogen-bond donors (Lipinski definition) is 4. The molecule has 0 radical (unpaired) electrons. The van der Waals surface area contributed by atoms with Crippen molar-refractivity contribution in [2.45, 2.75) is 39.5 Å². The van der Waals surface area contributed by atoms with E-state index in [0.29, 0.717) is 0 Å². The standard InChI is InChI=1S/C20H26O11/c1-7-3-5-9(13(17(25)26)11(7)15(21)22)19(29)31-20(30)10-6-4-8(2)12(16(23)24)14(10)18(27)28/h7-14H,3-6H2,1-2H3,(H,21,22)(H,23,24)(H,25,26)(H,27,28). The van der Waals surface area contributed by atoms with E-state index in [1.807, 2.05) is 0 Å². The summed E-state index contributed by atoms with van der Waals surface area (Å²) in [7, 11) is 0. The van der Waals surface area contributed by atoms with Crippen LogP contribution in [-0.2, 0) is 33.5 Å². The summed E-state index contributed by atoms with van der Waals surface area (Å²) >= 11 is 0. The van der Waals surface area contributed by atoms with Gasteiger partial charge in [-0.25, -0.2) is 0 Å². The van der Waals surface area contributed by atoms with Crippen LogP contribution in [0.2, 0.25) is 0 Å². The lowest BCUT2D eigenvalue weighted by Gasteiger charge is -2.37. The largest absolute Gasteiger partial charge is 0.481 e. The maximum absolute atomic E-state index is 12.6. The van der Waals surface area contributed by atoms with E-state index in [1.165, 1.54) is 0 Å². The third kappa shape index (κ3) is 4.86. The lowest BCUT2D eigenvalue weighted by atomic mass is 9.66. The minimum absolute atomic E-state index is 0.00413. The van der Waals surface area contributed by atoms with Crippen molar-refractivity contribution < 1.29 is 53.9 Å². The number of rotatable bonds is 6. The summed E-state index contributed by atoms with van der Waals surface area (Å²) in [6.07, 6.45) is 0.453. The minimum Gasteiger partial charge on any atom is -0.481 e. The molecular formula is C20H26O11. The first-order valence-corrected chi connectivity index (χ1v) is 10.0. The van der Waals surface area contributed by atoms with Crippen molar-refractivity contribution in [1.82, 2.24) is 0 Å². The van der Waals surface area contributed by atoms with Crippen LogP contribution in [0.1, 0.15) is 39.5 Å². The molecule has 2 saturated carbocycles.